The summed E-state index contributed by atoms with van der Waals surface area (Å²) in [5, 5.41) is 0. The van der Waals surface area contributed by atoms with E-state index in [0.29, 0.717) is 5.92 Å². The lowest BCUT2D eigenvalue weighted by Crippen LogP contribution is -2.37. The molecule has 3 heteroatoms. The van der Waals surface area contributed by atoms with Gasteiger partial charge < -0.3 is 9.64 Å². The second-order valence-electron chi connectivity index (χ2n) is 4.57. The van der Waals surface area contributed by atoms with Crippen LogP contribution in [0.4, 0.5) is 5.69 Å². The summed E-state index contributed by atoms with van der Waals surface area (Å²) in [6.45, 7) is 5.18. The van der Waals surface area contributed by atoms with Crippen molar-refractivity contribution >= 4 is 5.69 Å². The molecule has 1 aliphatic heterocycles. The van der Waals surface area contributed by atoms with Gasteiger partial charge in [0.05, 0.1) is 6.61 Å². The summed E-state index contributed by atoms with van der Waals surface area (Å²) in [6, 6.07) is 4.26. The molecule has 16 heavy (non-hydrogen) atoms. The highest BCUT2D eigenvalue weighted by Gasteiger charge is 2.19. The van der Waals surface area contributed by atoms with Gasteiger partial charge in [-0.1, -0.05) is 0 Å². The van der Waals surface area contributed by atoms with Crippen LogP contribution in [0.5, 0.6) is 0 Å². The van der Waals surface area contributed by atoms with Crippen LogP contribution >= 0.6 is 0 Å². The van der Waals surface area contributed by atoms with Gasteiger partial charge in [0.2, 0.25) is 0 Å². The zero-order valence-corrected chi connectivity index (χ0v) is 10.1. The lowest BCUT2D eigenvalue weighted by atomic mass is 9.98. The van der Waals surface area contributed by atoms with E-state index in [1.807, 2.05) is 13.1 Å². The van der Waals surface area contributed by atoms with Gasteiger partial charge in [-0.15, -0.1) is 0 Å². The average Bonchev–Trinajstić information content (AvgIpc) is 2.30. The molecule has 0 aliphatic carbocycles. The van der Waals surface area contributed by atoms with Crippen LogP contribution in [0, 0.1) is 12.8 Å². The third-order valence-corrected chi connectivity index (χ3v) is 3.17. The van der Waals surface area contributed by atoms with Crippen molar-refractivity contribution in [2.45, 2.75) is 19.8 Å². The molecule has 2 heterocycles. The van der Waals surface area contributed by atoms with E-state index < -0.39 is 0 Å². The maximum absolute atomic E-state index is 5.25. The van der Waals surface area contributed by atoms with E-state index in [0.717, 1.165) is 25.4 Å². The standard InChI is InChI=1S/C13H20N2O/c1-11-8-13(5-6-14-11)15-7-3-4-12(9-15)10-16-2/h5-6,8,12H,3-4,7,9-10H2,1-2H3. The van der Waals surface area contributed by atoms with Crippen LogP contribution in [0.25, 0.3) is 0 Å². The lowest BCUT2D eigenvalue weighted by Gasteiger charge is -2.34. The summed E-state index contributed by atoms with van der Waals surface area (Å²) in [6.07, 6.45) is 4.44. The van der Waals surface area contributed by atoms with Gasteiger partial charge in [-0.2, -0.15) is 0 Å². The molecule has 0 N–H and O–H groups in total. The summed E-state index contributed by atoms with van der Waals surface area (Å²) >= 11 is 0. The molecule has 1 aromatic rings. The molecule has 3 nitrogen and oxygen atoms in total. The van der Waals surface area contributed by atoms with Crippen LogP contribution in [-0.2, 0) is 4.74 Å². The van der Waals surface area contributed by atoms with Crippen molar-refractivity contribution in [1.82, 2.24) is 4.98 Å². The third kappa shape index (κ3) is 2.73. The first-order chi connectivity index (χ1) is 7.79. The van der Waals surface area contributed by atoms with Crippen molar-refractivity contribution < 1.29 is 4.74 Å². The number of rotatable bonds is 3. The molecule has 0 amide bonds. The Morgan fingerprint density at radius 2 is 2.44 bits per heavy atom. The van der Waals surface area contributed by atoms with E-state index in [1.165, 1.54) is 18.5 Å². The van der Waals surface area contributed by atoms with E-state index in [4.69, 9.17) is 4.74 Å². The van der Waals surface area contributed by atoms with Gasteiger partial charge >= 0.3 is 0 Å². The molecule has 1 saturated heterocycles. The number of nitrogens with zero attached hydrogens (tertiary/aromatic N) is 2. The Balaban J connectivity index is 2.03. The van der Waals surface area contributed by atoms with Crippen LogP contribution in [0.3, 0.4) is 0 Å². The summed E-state index contributed by atoms with van der Waals surface area (Å²) in [5.41, 5.74) is 2.39. The first kappa shape index (κ1) is 11.4. The minimum atomic E-state index is 0.673. The lowest BCUT2D eigenvalue weighted by molar-refractivity contribution is 0.143. The third-order valence-electron chi connectivity index (χ3n) is 3.17. The van der Waals surface area contributed by atoms with Gasteiger partial charge in [-0.05, 0) is 37.8 Å². The first-order valence-corrected chi connectivity index (χ1v) is 5.96. The maximum Gasteiger partial charge on any atom is 0.0507 e. The van der Waals surface area contributed by atoms with Gasteiger partial charge in [0.15, 0.2) is 0 Å². The number of ether oxygens (including phenoxy) is 1. The van der Waals surface area contributed by atoms with E-state index in [9.17, 15) is 0 Å². The van der Waals surface area contributed by atoms with Gasteiger partial charge in [0.1, 0.15) is 0 Å². The number of aryl methyl sites for hydroxylation is 1. The fourth-order valence-corrected chi connectivity index (χ4v) is 2.40. The molecule has 0 radical (unpaired) electrons. The quantitative estimate of drug-likeness (QED) is 0.781. The number of piperidine rings is 1. The van der Waals surface area contributed by atoms with E-state index >= 15 is 0 Å². The van der Waals surface area contributed by atoms with Crippen molar-refractivity contribution in [3.05, 3.63) is 24.0 Å². The molecule has 1 aromatic heterocycles. The van der Waals surface area contributed by atoms with Crippen LogP contribution in [-0.4, -0.2) is 31.8 Å². The van der Waals surface area contributed by atoms with Crippen molar-refractivity contribution in [3.63, 3.8) is 0 Å². The number of hydrogen-bond donors (Lipinski definition) is 0. The van der Waals surface area contributed by atoms with Crippen molar-refractivity contribution in [1.29, 1.82) is 0 Å². The average molecular weight is 220 g/mol. The van der Waals surface area contributed by atoms with Gasteiger partial charge in [-0.3, -0.25) is 4.98 Å². The monoisotopic (exact) mass is 220 g/mol. The van der Waals surface area contributed by atoms with Gasteiger partial charge in [0, 0.05) is 37.8 Å². The normalized spacial score (nSPS) is 21.1. The Morgan fingerprint density at radius 3 is 3.19 bits per heavy atom. The van der Waals surface area contributed by atoms with Crippen LogP contribution in [0.15, 0.2) is 18.3 Å². The summed E-state index contributed by atoms with van der Waals surface area (Å²) < 4.78 is 5.25. The second-order valence-corrected chi connectivity index (χ2v) is 4.57. The molecule has 0 aromatic carbocycles. The predicted molar refractivity (Wildman–Crippen MR) is 65.8 cm³/mol. The van der Waals surface area contributed by atoms with Crippen LogP contribution in [0.2, 0.25) is 0 Å². The topological polar surface area (TPSA) is 25.4 Å². The molecule has 1 unspecified atom stereocenters. The van der Waals surface area contributed by atoms with Gasteiger partial charge in [0.25, 0.3) is 0 Å². The number of aromatic nitrogens is 1. The Kier molecular flexibility index (Phi) is 3.78. The Bertz CT molecular complexity index is 338. The largest absolute Gasteiger partial charge is 0.384 e. The van der Waals surface area contributed by atoms with Gasteiger partial charge in [-0.25, -0.2) is 0 Å². The smallest absolute Gasteiger partial charge is 0.0507 e. The van der Waals surface area contributed by atoms with Crippen molar-refractivity contribution in [3.8, 4) is 0 Å². The first-order valence-electron chi connectivity index (χ1n) is 5.96. The Morgan fingerprint density at radius 1 is 1.56 bits per heavy atom. The number of pyridine rings is 1. The van der Waals surface area contributed by atoms with E-state index in [2.05, 4.69) is 22.0 Å². The number of anilines is 1. The molecule has 0 bridgehead atoms. The van der Waals surface area contributed by atoms with E-state index in [-0.39, 0.29) is 0 Å². The maximum atomic E-state index is 5.25. The summed E-state index contributed by atoms with van der Waals surface area (Å²) in [5.74, 6) is 0.673. The minimum Gasteiger partial charge on any atom is -0.384 e. The van der Waals surface area contributed by atoms with E-state index in [1.54, 1.807) is 7.11 Å². The highest BCUT2D eigenvalue weighted by atomic mass is 16.5. The highest BCUT2D eigenvalue weighted by Crippen LogP contribution is 2.23. The molecule has 0 saturated carbocycles. The number of methoxy groups -OCH3 is 1. The SMILES string of the molecule is COCC1CCCN(c2ccnc(C)c2)C1. The van der Waals surface area contributed by atoms with Crippen LogP contribution in [0.1, 0.15) is 18.5 Å². The number of hydrogen-bond acceptors (Lipinski definition) is 3. The summed E-state index contributed by atoms with van der Waals surface area (Å²) in [4.78, 5) is 6.68. The Hall–Kier alpha value is -1.09. The molecule has 2 rings (SSSR count). The highest BCUT2D eigenvalue weighted by molar-refractivity contribution is 5.46. The molecule has 1 fully saturated rings. The molecular weight excluding hydrogens is 200 g/mol. The Labute approximate surface area is 97.4 Å². The zero-order valence-electron chi connectivity index (χ0n) is 10.1. The van der Waals surface area contributed by atoms with Crippen LogP contribution < -0.4 is 4.90 Å². The molecule has 1 atom stereocenters. The fraction of sp³-hybridized carbons (Fsp3) is 0.615. The zero-order chi connectivity index (χ0) is 11.4. The summed E-state index contributed by atoms with van der Waals surface area (Å²) in [7, 11) is 1.79. The molecule has 1 aliphatic rings. The minimum absolute atomic E-state index is 0.673. The van der Waals surface area contributed by atoms with Crippen molar-refractivity contribution in [2.24, 2.45) is 5.92 Å². The fourth-order valence-electron chi connectivity index (χ4n) is 2.40. The predicted octanol–water partition coefficient (Wildman–Crippen LogP) is 2.25. The molecular formula is C13H20N2O. The second kappa shape index (κ2) is 5.30. The van der Waals surface area contributed by atoms with Crippen molar-refractivity contribution in [2.75, 3.05) is 31.7 Å². The molecule has 0 spiro atoms. The molecule has 88 valence electrons.